The van der Waals surface area contributed by atoms with Gasteiger partial charge in [0.05, 0.1) is 5.56 Å². The molecule has 6 nitrogen and oxygen atoms in total. The maximum absolute atomic E-state index is 12.4. The highest BCUT2D eigenvalue weighted by Crippen LogP contribution is 2.32. The summed E-state index contributed by atoms with van der Waals surface area (Å²) in [5.74, 6) is 0.239. The number of rotatable bonds is 5. The number of benzene rings is 2. The number of fused-ring (bicyclic) bond motifs is 1. The summed E-state index contributed by atoms with van der Waals surface area (Å²) in [5.41, 5.74) is 1.32. The third kappa shape index (κ3) is 3.91. The van der Waals surface area contributed by atoms with E-state index in [1.54, 1.807) is 32.2 Å². The summed E-state index contributed by atoms with van der Waals surface area (Å²) in [6.45, 7) is 2.15. The van der Waals surface area contributed by atoms with Gasteiger partial charge in [0.1, 0.15) is 0 Å². The molecule has 2 aromatic rings. The van der Waals surface area contributed by atoms with E-state index in [9.17, 15) is 9.59 Å². The Labute approximate surface area is 145 Å². The van der Waals surface area contributed by atoms with E-state index >= 15 is 0 Å². The van der Waals surface area contributed by atoms with Gasteiger partial charge < -0.3 is 19.1 Å². The van der Waals surface area contributed by atoms with E-state index in [1.165, 1.54) is 4.90 Å². The lowest BCUT2D eigenvalue weighted by Crippen LogP contribution is -2.37. The minimum absolute atomic E-state index is 0.132. The zero-order valence-electron chi connectivity index (χ0n) is 14.1. The number of carbonyl (C=O) groups is 2. The van der Waals surface area contributed by atoms with Gasteiger partial charge >= 0.3 is 5.97 Å². The fourth-order valence-electron chi connectivity index (χ4n) is 2.55. The van der Waals surface area contributed by atoms with E-state index in [4.69, 9.17) is 14.2 Å². The van der Waals surface area contributed by atoms with Crippen molar-refractivity contribution in [3.05, 3.63) is 59.7 Å². The van der Waals surface area contributed by atoms with E-state index < -0.39 is 12.1 Å². The van der Waals surface area contributed by atoms with E-state index in [0.717, 1.165) is 5.56 Å². The third-order valence-electron chi connectivity index (χ3n) is 3.88. The number of carbonyl (C=O) groups excluding carboxylic acids is 2. The van der Waals surface area contributed by atoms with Crippen LogP contribution in [-0.2, 0) is 16.1 Å². The van der Waals surface area contributed by atoms with Gasteiger partial charge in [-0.25, -0.2) is 4.79 Å². The van der Waals surface area contributed by atoms with Gasteiger partial charge in [-0.3, -0.25) is 4.79 Å². The first-order valence-electron chi connectivity index (χ1n) is 7.94. The minimum Gasteiger partial charge on any atom is -0.454 e. The lowest BCUT2D eigenvalue weighted by atomic mass is 10.2. The molecule has 0 N–H and O–H groups in total. The van der Waals surface area contributed by atoms with Crippen LogP contribution in [-0.4, -0.2) is 36.7 Å². The van der Waals surface area contributed by atoms with Gasteiger partial charge in [0.2, 0.25) is 6.79 Å². The van der Waals surface area contributed by atoms with Crippen LogP contribution in [0.25, 0.3) is 0 Å². The number of hydrogen-bond acceptors (Lipinski definition) is 5. The number of esters is 1. The van der Waals surface area contributed by atoms with Crippen molar-refractivity contribution in [2.45, 2.75) is 19.6 Å². The molecule has 1 aliphatic heterocycles. The van der Waals surface area contributed by atoms with Crippen molar-refractivity contribution in [2.24, 2.45) is 0 Å². The van der Waals surface area contributed by atoms with Gasteiger partial charge in [-0.05, 0) is 30.7 Å². The lowest BCUT2D eigenvalue weighted by molar-refractivity contribution is -0.139. The molecule has 130 valence electrons. The summed E-state index contributed by atoms with van der Waals surface area (Å²) >= 11 is 0. The smallest absolute Gasteiger partial charge is 0.339 e. The number of nitrogens with zero attached hydrogens (tertiary/aromatic N) is 1. The van der Waals surface area contributed by atoms with Gasteiger partial charge in [-0.2, -0.15) is 0 Å². The van der Waals surface area contributed by atoms with Crippen LogP contribution in [0, 0.1) is 0 Å². The van der Waals surface area contributed by atoms with Crippen molar-refractivity contribution in [3.8, 4) is 11.5 Å². The third-order valence-corrected chi connectivity index (χ3v) is 3.88. The zero-order valence-corrected chi connectivity index (χ0v) is 14.1. The van der Waals surface area contributed by atoms with E-state index in [-0.39, 0.29) is 12.7 Å². The van der Waals surface area contributed by atoms with Crippen molar-refractivity contribution in [1.82, 2.24) is 4.90 Å². The summed E-state index contributed by atoms with van der Waals surface area (Å²) in [4.78, 5) is 26.2. The molecule has 1 aliphatic rings. The number of amides is 1. The SMILES string of the molecule is C[C@H](OC(=O)c1ccc2c(c1)OCO2)C(=O)N(C)Cc1ccccc1. The molecule has 1 atom stereocenters. The van der Waals surface area contributed by atoms with Crippen LogP contribution >= 0.6 is 0 Å². The second-order valence-corrected chi connectivity index (χ2v) is 5.80. The Morgan fingerprint density at radius 2 is 1.84 bits per heavy atom. The van der Waals surface area contributed by atoms with Crippen LogP contribution in [0.2, 0.25) is 0 Å². The van der Waals surface area contributed by atoms with Gasteiger partial charge in [0.15, 0.2) is 17.6 Å². The average Bonchev–Trinajstić information content (AvgIpc) is 3.09. The number of likely N-dealkylation sites (N-methyl/N-ethyl adjacent to an activating group) is 1. The maximum Gasteiger partial charge on any atom is 0.339 e. The molecule has 25 heavy (non-hydrogen) atoms. The Kier molecular flexibility index (Phi) is 4.88. The molecule has 0 unspecified atom stereocenters. The first kappa shape index (κ1) is 16.8. The van der Waals surface area contributed by atoms with Crippen molar-refractivity contribution >= 4 is 11.9 Å². The van der Waals surface area contributed by atoms with Gasteiger partial charge in [-0.1, -0.05) is 30.3 Å². The summed E-state index contributed by atoms with van der Waals surface area (Å²) in [6.07, 6.45) is -0.883. The maximum atomic E-state index is 12.4. The van der Waals surface area contributed by atoms with Crippen LogP contribution in [0.1, 0.15) is 22.8 Å². The highest BCUT2D eigenvalue weighted by Gasteiger charge is 2.23. The van der Waals surface area contributed by atoms with E-state index in [1.807, 2.05) is 30.3 Å². The molecule has 3 rings (SSSR count). The number of hydrogen-bond donors (Lipinski definition) is 0. The monoisotopic (exact) mass is 341 g/mol. The van der Waals surface area contributed by atoms with E-state index in [0.29, 0.717) is 23.6 Å². The molecule has 0 saturated heterocycles. The quantitative estimate of drug-likeness (QED) is 0.782. The molecule has 0 radical (unpaired) electrons. The van der Waals surface area contributed by atoms with E-state index in [2.05, 4.69) is 0 Å². The molecule has 0 aliphatic carbocycles. The van der Waals surface area contributed by atoms with Crippen molar-refractivity contribution in [3.63, 3.8) is 0 Å². The Hall–Kier alpha value is -3.02. The van der Waals surface area contributed by atoms with Crippen LogP contribution in [0.4, 0.5) is 0 Å². The van der Waals surface area contributed by atoms with Crippen LogP contribution in [0.5, 0.6) is 11.5 Å². The Balaban J connectivity index is 1.60. The lowest BCUT2D eigenvalue weighted by Gasteiger charge is -2.21. The fraction of sp³-hybridized carbons (Fsp3) is 0.263. The highest BCUT2D eigenvalue weighted by molar-refractivity contribution is 5.92. The minimum atomic E-state index is -0.883. The number of ether oxygens (including phenoxy) is 3. The van der Waals surface area contributed by atoms with Crippen LogP contribution in [0.15, 0.2) is 48.5 Å². The molecule has 0 aromatic heterocycles. The Morgan fingerprint density at radius 1 is 1.12 bits per heavy atom. The topological polar surface area (TPSA) is 65.1 Å². The summed E-state index contributed by atoms with van der Waals surface area (Å²) in [7, 11) is 1.68. The van der Waals surface area contributed by atoms with Crippen molar-refractivity contribution in [1.29, 1.82) is 0 Å². The first-order valence-corrected chi connectivity index (χ1v) is 7.94. The molecular formula is C19H19NO5. The normalized spacial score (nSPS) is 13.2. The second-order valence-electron chi connectivity index (χ2n) is 5.80. The molecule has 1 amide bonds. The van der Waals surface area contributed by atoms with Gasteiger partial charge in [-0.15, -0.1) is 0 Å². The molecular weight excluding hydrogens is 322 g/mol. The second kappa shape index (κ2) is 7.25. The van der Waals surface area contributed by atoms with Gasteiger partial charge in [0, 0.05) is 13.6 Å². The zero-order chi connectivity index (χ0) is 17.8. The molecule has 0 saturated carbocycles. The molecule has 1 heterocycles. The Bertz CT molecular complexity index is 775. The summed E-state index contributed by atoms with van der Waals surface area (Å²) in [5, 5.41) is 0. The van der Waals surface area contributed by atoms with Gasteiger partial charge in [0.25, 0.3) is 5.91 Å². The molecule has 0 bridgehead atoms. The first-order chi connectivity index (χ1) is 12.0. The molecule has 6 heteroatoms. The highest BCUT2D eigenvalue weighted by atomic mass is 16.7. The summed E-state index contributed by atoms with van der Waals surface area (Å²) < 4.78 is 15.7. The molecule has 0 spiro atoms. The fourth-order valence-corrected chi connectivity index (χ4v) is 2.55. The summed E-state index contributed by atoms with van der Waals surface area (Å²) in [6, 6.07) is 14.4. The molecule has 2 aromatic carbocycles. The predicted molar refractivity (Wildman–Crippen MR) is 90.4 cm³/mol. The largest absolute Gasteiger partial charge is 0.454 e. The average molecular weight is 341 g/mol. The Morgan fingerprint density at radius 3 is 2.60 bits per heavy atom. The van der Waals surface area contributed by atoms with Crippen LogP contribution < -0.4 is 9.47 Å². The standard InChI is InChI=1S/C19H19NO5/c1-13(18(21)20(2)11-14-6-4-3-5-7-14)25-19(22)15-8-9-16-17(10-15)24-12-23-16/h3-10,13H,11-12H2,1-2H3/t13-/m0/s1. The van der Waals surface area contributed by atoms with Crippen LogP contribution in [0.3, 0.4) is 0 Å². The molecule has 0 fully saturated rings. The van der Waals surface area contributed by atoms with Crippen molar-refractivity contribution in [2.75, 3.05) is 13.8 Å². The van der Waals surface area contributed by atoms with Crippen molar-refractivity contribution < 1.29 is 23.8 Å². The predicted octanol–water partition coefficient (Wildman–Crippen LogP) is 2.62.